The van der Waals surface area contributed by atoms with E-state index < -0.39 is 64.3 Å². The number of nitrogens with one attached hydrogen (secondary N) is 1. The molecule has 0 fully saturated rings. The van der Waals surface area contributed by atoms with Crippen LogP contribution in [0, 0.1) is 11.6 Å². The summed E-state index contributed by atoms with van der Waals surface area (Å²) in [5.74, 6) is -5.01. The summed E-state index contributed by atoms with van der Waals surface area (Å²) in [6, 6.07) is 7.34. The van der Waals surface area contributed by atoms with Crippen LogP contribution in [0.3, 0.4) is 0 Å². The lowest BCUT2D eigenvalue weighted by atomic mass is 10.1. The SMILES string of the molecule is COc1cc(-n2c(=O)c(NC(=O)c3ccc(OC(F)F)cc3)c(-c3c(F)cc(OC)cc3F)n2C)nc(C(F)(F)F)c1. The number of pyridine rings is 1. The molecule has 0 aliphatic carbocycles. The van der Waals surface area contributed by atoms with Gasteiger partial charge in [0.15, 0.2) is 11.5 Å². The van der Waals surface area contributed by atoms with E-state index in [4.69, 9.17) is 9.47 Å². The Hall–Kier alpha value is -5.02. The van der Waals surface area contributed by atoms with Crippen molar-refractivity contribution in [1.82, 2.24) is 14.3 Å². The molecule has 4 rings (SSSR count). The van der Waals surface area contributed by atoms with Crippen LogP contribution in [0.5, 0.6) is 17.2 Å². The van der Waals surface area contributed by atoms with E-state index in [1.165, 1.54) is 0 Å². The highest BCUT2D eigenvalue weighted by Gasteiger charge is 2.35. The molecule has 16 heteroatoms. The fourth-order valence-electron chi connectivity index (χ4n) is 3.99. The van der Waals surface area contributed by atoms with Crippen LogP contribution in [0.4, 0.5) is 36.4 Å². The van der Waals surface area contributed by atoms with Crippen LogP contribution in [0.2, 0.25) is 0 Å². The number of halogens is 7. The fraction of sp³-hybridized carbons (Fsp3) is 0.192. The van der Waals surface area contributed by atoms with E-state index in [0.717, 1.165) is 68.4 Å². The van der Waals surface area contributed by atoms with Gasteiger partial charge in [-0.15, -0.1) is 0 Å². The first-order chi connectivity index (χ1) is 19.7. The molecule has 0 saturated carbocycles. The molecule has 0 aliphatic rings. The molecule has 9 nitrogen and oxygen atoms in total. The minimum Gasteiger partial charge on any atom is -0.497 e. The van der Waals surface area contributed by atoms with E-state index in [9.17, 15) is 31.5 Å². The third-order valence-electron chi connectivity index (χ3n) is 5.86. The summed E-state index contributed by atoms with van der Waals surface area (Å²) in [4.78, 5) is 30.1. The Bertz CT molecular complexity index is 1680. The lowest BCUT2D eigenvalue weighted by Crippen LogP contribution is -2.24. The Labute approximate surface area is 231 Å². The summed E-state index contributed by atoms with van der Waals surface area (Å²) < 4.78 is 111. The molecule has 2 aromatic heterocycles. The summed E-state index contributed by atoms with van der Waals surface area (Å²) in [7, 11) is 3.32. The second-order valence-corrected chi connectivity index (χ2v) is 8.44. The number of benzene rings is 2. The Morgan fingerprint density at radius 1 is 0.929 bits per heavy atom. The number of ether oxygens (including phenoxy) is 3. The van der Waals surface area contributed by atoms with Crippen LogP contribution >= 0.6 is 0 Å². The maximum absolute atomic E-state index is 15.2. The topological polar surface area (TPSA) is 96.6 Å². The highest BCUT2D eigenvalue weighted by atomic mass is 19.4. The Kier molecular flexibility index (Phi) is 8.17. The zero-order valence-corrected chi connectivity index (χ0v) is 21.7. The molecule has 4 aromatic rings. The number of carbonyl (C=O) groups is 1. The molecule has 222 valence electrons. The number of nitrogens with zero attached hydrogens (tertiary/aromatic N) is 3. The lowest BCUT2D eigenvalue weighted by molar-refractivity contribution is -0.141. The molecular formula is C26H19F7N4O5. The number of alkyl halides is 5. The first-order valence-electron chi connectivity index (χ1n) is 11.6. The number of carbonyl (C=O) groups excluding carboxylic acids is 1. The Morgan fingerprint density at radius 3 is 2.02 bits per heavy atom. The molecule has 0 spiro atoms. The minimum absolute atomic E-state index is 0.188. The van der Waals surface area contributed by atoms with Crippen molar-refractivity contribution < 1.29 is 49.7 Å². The number of hydrogen-bond acceptors (Lipinski definition) is 6. The quantitative estimate of drug-likeness (QED) is 0.272. The molecule has 0 bridgehead atoms. The Morgan fingerprint density at radius 2 is 1.50 bits per heavy atom. The molecular weight excluding hydrogens is 581 g/mol. The Balaban J connectivity index is 1.94. The van der Waals surface area contributed by atoms with Gasteiger partial charge in [0, 0.05) is 36.9 Å². The zero-order chi connectivity index (χ0) is 30.9. The van der Waals surface area contributed by atoms with Gasteiger partial charge in [0.2, 0.25) is 0 Å². The third-order valence-corrected chi connectivity index (χ3v) is 5.86. The van der Waals surface area contributed by atoms with Crippen molar-refractivity contribution in [3.63, 3.8) is 0 Å². The highest BCUT2D eigenvalue weighted by molar-refractivity contribution is 6.06. The van der Waals surface area contributed by atoms with Gasteiger partial charge in [0.25, 0.3) is 11.5 Å². The largest absolute Gasteiger partial charge is 0.497 e. The third kappa shape index (κ3) is 5.87. The van der Waals surface area contributed by atoms with Gasteiger partial charge in [0.1, 0.15) is 40.3 Å². The van der Waals surface area contributed by atoms with E-state index in [0.29, 0.717) is 10.7 Å². The standard InChI is InChI=1S/C26H19F7N4O5/c1-36-22(20-16(27)8-14(40-2)9-17(20)28)21(35-23(38)12-4-6-13(7-5-12)42-25(29)30)24(39)37(36)19-11-15(41-3)10-18(34-19)26(31,32)33/h4-11,25H,1-3H3,(H,35,38). The van der Waals surface area contributed by atoms with Gasteiger partial charge in [-0.1, -0.05) is 0 Å². The first kappa shape index (κ1) is 30.0. The molecule has 0 unspecified atom stereocenters. The number of methoxy groups -OCH3 is 2. The van der Waals surface area contributed by atoms with Crippen molar-refractivity contribution in [2.45, 2.75) is 12.8 Å². The predicted octanol–water partition coefficient (Wildman–Crippen LogP) is 5.41. The molecule has 1 amide bonds. The second kappa shape index (κ2) is 11.5. The summed E-state index contributed by atoms with van der Waals surface area (Å²) in [5, 5.41) is 2.21. The van der Waals surface area contributed by atoms with Crippen molar-refractivity contribution in [2.24, 2.45) is 7.05 Å². The summed E-state index contributed by atoms with van der Waals surface area (Å²) in [6.07, 6.45) is -4.97. The zero-order valence-electron chi connectivity index (χ0n) is 21.7. The van der Waals surface area contributed by atoms with E-state index in [-0.39, 0.29) is 22.8 Å². The average molecular weight is 600 g/mol. The molecule has 0 atom stereocenters. The fourth-order valence-corrected chi connectivity index (χ4v) is 3.99. The van der Waals surface area contributed by atoms with Gasteiger partial charge in [-0.25, -0.2) is 13.8 Å². The monoisotopic (exact) mass is 600 g/mol. The van der Waals surface area contributed by atoms with Gasteiger partial charge in [0.05, 0.1) is 19.8 Å². The van der Waals surface area contributed by atoms with Gasteiger partial charge in [-0.2, -0.15) is 26.6 Å². The average Bonchev–Trinajstić information content (AvgIpc) is 3.16. The van der Waals surface area contributed by atoms with Crippen LogP contribution in [-0.2, 0) is 13.2 Å². The van der Waals surface area contributed by atoms with Crippen molar-refractivity contribution >= 4 is 11.6 Å². The molecule has 0 radical (unpaired) electrons. The second-order valence-electron chi connectivity index (χ2n) is 8.44. The number of amides is 1. The first-order valence-corrected chi connectivity index (χ1v) is 11.6. The van der Waals surface area contributed by atoms with Crippen molar-refractivity contribution in [2.75, 3.05) is 19.5 Å². The smallest absolute Gasteiger partial charge is 0.433 e. The number of anilines is 1. The summed E-state index contributed by atoms with van der Waals surface area (Å²) >= 11 is 0. The van der Waals surface area contributed by atoms with Crippen LogP contribution in [0.15, 0.2) is 53.3 Å². The van der Waals surface area contributed by atoms with Crippen LogP contribution in [0.1, 0.15) is 16.1 Å². The molecule has 1 N–H and O–H groups in total. The predicted molar refractivity (Wildman–Crippen MR) is 133 cm³/mol. The van der Waals surface area contributed by atoms with Gasteiger partial charge >= 0.3 is 12.8 Å². The maximum atomic E-state index is 15.2. The normalized spacial score (nSPS) is 11.5. The van der Waals surface area contributed by atoms with Crippen molar-refractivity contribution in [1.29, 1.82) is 0 Å². The van der Waals surface area contributed by atoms with Crippen molar-refractivity contribution in [3.05, 3.63) is 81.8 Å². The van der Waals surface area contributed by atoms with Crippen molar-refractivity contribution in [3.8, 4) is 34.3 Å². The van der Waals surface area contributed by atoms with Crippen LogP contribution in [-0.4, -0.2) is 41.1 Å². The summed E-state index contributed by atoms with van der Waals surface area (Å²) in [6.45, 7) is -3.13. The number of rotatable bonds is 8. The molecule has 2 aromatic carbocycles. The van der Waals surface area contributed by atoms with E-state index in [1.54, 1.807) is 0 Å². The van der Waals surface area contributed by atoms with Gasteiger partial charge in [-0.05, 0) is 24.3 Å². The molecule has 0 aliphatic heterocycles. The maximum Gasteiger partial charge on any atom is 0.433 e. The number of aromatic nitrogens is 3. The van der Waals surface area contributed by atoms with E-state index in [2.05, 4.69) is 15.0 Å². The molecule has 0 saturated heterocycles. The highest BCUT2D eigenvalue weighted by Crippen LogP contribution is 2.35. The van der Waals surface area contributed by atoms with Gasteiger partial charge < -0.3 is 19.5 Å². The van der Waals surface area contributed by atoms with E-state index in [1.807, 2.05) is 0 Å². The van der Waals surface area contributed by atoms with E-state index >= 15 is 8.78 Å². The summed E-state index contributed by atoms with van der Waals surface area (Å²) in [5.41, 5.74) is -5.00. The molecule has 42 heavy (non-hydrogen) atoms. The lowest BCUT2D eigenvalue weighted by Gasteiger charge is -2.14. The van der Waals surface area contributed by atoms with Crippen LogP contribution < -0.4 is 25.1 Å². The van der Waals surface area contributed by atoms with Crippen LogP contribution in [0.25, 0.3) is 17.1 Å². The minimum atomic E-state index is -4.97. The molecule has 2 heterocycles. The number of hydrogen-bond donors (Lipinski definition) is 1. The van der Waals surface area contributed by atoms with Gasteiger partial charge in [-0.3, -0.25) is 14.3 Å².